The molecule has 4 aliphatic rings. The third-order valence-electron chi connectivity index (χ3n) is 3.46. The minimum absolute atomic E-state index is 1.03. The summed E-state index contributed by atoms with van der Waals surface area (Å²) in [5.41, 5.74) is 0. The molecule has 14 heteroatoms. The Hall–Kier alpha value is 1.78. The highest BCUT2D eigenvalue weighted by atomic mass is 32.2. The van der Waals surface area contributed by atoms with E-state index in [1.54, 1.807) is 117 Å². The lowest BCUT2D eigenvalue weighted by Gasteiger charge is -1.88. The minimum Gasteiger partial charge on any atom is -0.119 e. The van der Waals surface area contributed by atoms with Crippen LogP contribution in [0.2, 0.25) is 0 Å². The van der Waals surface area contributed by atoms with Gasteiger partial charge < -0.3 is 0 Å². The first-order valence-electron chi connectivity index (χ1n) is 8.39. The topological polar surface area (TPSA) is 0 Å². The van der Waals surface area contributed by atoms with Crippen LogP contribution in [0, 0.1) is 7.65 Å². The summed E-state index contributed by atoms with van der Waals surface area (Å²) in [7, 11) is 0. The van der Waals surface area contributed by atoms with Crippen molar-refractivity contribution < 1.29 is 0 Å². The van der Waals surface area contributed by atoms with Crippen LogP contribution in [0.5, 0.6) is 0 Å². The van der Waals surface area contributed by atoms with Crippen molar-refractivity contribution in [1.82, 2.24) is 0 Å². The fourth-order valence-corrected chi connectivity index (χ4v) is 17.0. The molecular formula is C18H8S14. The Morgan fingerprint density at radius 1 is 0.375 bits per heavy atom. The van der Waals surface area contributed by atoms with E-state index in [9.17, 15) is 0 Å². The number of thioether (sulfide) groups is 8. The first-order valence-corrected chi connectivity index (χ1v) is 19.5. The third kappa shape index (κ3) is 6.18. The SMILES string of the molecule is S=c1sc(=C2SC=CS2)sc1=C1SC=CS1.S=c1sc(=C2SC=CS2)sc1=C1SC=CS1. The monoisotopic (exact) mass is 672 g/mol. The minimum atomic E-state index is 1.03. The molecule has 0 saturated carbocycles. The van der Waals surface area contributed by atoms with Crippen molar-refractivity contribution >= 4 is 181 Å². The van der Waals surface area contributed by atoms with Gasteiger partial charge in [0, 0.05) is 0 Å². The standard InChI is InChI=1S/2C9H4S7/c2*10-6-5(7-11-1-2-12-7)15-9(16-6)8-13-3-4-14-8/h2*1-4H. The van der Waals surface area contributed by atoms with Crippen molar-refractivity contribution in [1.29, 1.82) is 0 Å². The second kappa shape index (κ2) is 12.3. The molecule has 2 aromatic heterocycles. The van der Waals surface area contributed by atoms with Crippen molar-refractivity contribution in [3.63, 3.8) is 0 Å². The van der Waals surface area contributed by atoms with E-state index in [4.69, 9.17) is 24.4 Å². The van der Waals surface area contributed by atoms with Crippen LogP contribution in [-0.4, -0.2) is 0 Å². The maximum Gasteiger partial charge on any atom is 0.110 e. The molecule has 0 fully saturated rings. The Balaban J connectivity index is 0.000000135. The predicted octanol–water partition coefficient (Wildman–Crippen LogP) is 9.15. The first kappa shape index (κ1) is 25.4. The Labute approximate surface area is 245 Å². The van der Waals surface area contributed by atoms with Gasteiger partial charge in [0.1, 0.15) is 15.3 Å². The van der Waals surface area contributed by atoms with Gasteiger partial charge >= 0.3 is 0 Å². The molecule has 0 nitrogen and oxygen atoms in total. The Morgan fingerprint density at radius 3 is 0.969 bits per heavy atom. The third-order valence-corrected chi connectivity index (χ3v) is 19.5. The predicted molar refractivity (Wildman–Crippen MR) is 175 cm³/mol. The van der Waals surface area contributed by atoms with E-state index >= 15 is 0 Å². The van der Waals surface area contributed by atoms with Crippen molar-refractivity contribution in [3.8, 4) is 0 Å². The van der Waals surface area contributed by atoms with E-state index in [-0.39, 0.29) is 0 Å². The van der Waals surface area contributed by atoms with Crippen LogP contribution >= 0.6 is 164 Å². The molecule has 0 radical (unpaired) electrons. The molecule has 0 unspecified atom stereocenters. The van der Waals surface area contributed by atoms with E-state index in [1.165, 1.54) is 33.7 Å². The largest absolute Gasteiger partial charge is 0.119 e. The molecule has 0 N–H and O–H groups in total. The van der Waals surface area contributed by atoms with Crippen molar-refractivity contribution in [2.75, 3.05) is 0 Å². The van der Waals surface area contributed by atoms with E-state index < -0.39 is 0 Å². The highest BCUT2D eigenvalue weighted by Crippen LogP contribution is 2.41. The summed E-state index contributed by atoms with van der Waals surface area (Å²) in [4.78, 5) is 0. The molecule has 4 aliphatic heterocycles. The highest BCUT2D eigenvalue weighted by molar-refractivity contribution is 8.36. The van der Waals surface area contributed by atoms with E-state index in [0.717, 1.165) is 7.65 Å². The van der Waals surface area contributed by atoms with Crippen molar-refractivity contribution in [2.24, 2.45) is 0 Å². The molecule has 32 heavy (non-hydrogen) atoms. The number of hydrogen-bond donors (Lipinski definition) is 0. The Kier molecular flexibility index (Phi) is 9.81. The molecule has 0 aliphatic carbocycles. The van der Waals surface area contributed by atoms with E-state index in [2.05, 4.69) is 43.3 Å². The maximum atomic E-state index is 5.45. The van der Waals surface area contributed by atoms with Gasteiger partial charge in [-0.25, -0.2) is 0 Å². The Morgan fingerprint density at radius 2 is 0.656 bits per heavy atom. The highest BCUT2D eigenvalue weighted by Gasteiger charge is 2.11. The summed E-state index contributed by atoms with van der Waals surface area (Å²) in [5, 5.41) is 17.0. The Bertz CT molecular complexity index is 1360. The number of hydrogen-bond acceptors (Lipinski definition) is 14. The lowest BCUT2D eigenvalue weighted by atomic mass is 10.9. The van der Waals surface area contributed by atoms with Gasteiger partial charge in [-0.1, -0.05) is 119 Å². The zero-order valence-corrected chi connectivity index (χ0v) is 26.8. The fourth-order valence-electron chi connectivity index (χ4n) is 2.22. The van der Waals surface area contributed by atoms with Gasteiger partial charge in [-0.2, -0.15) is 0 Å². The number of rotatable bonds is 0. The molecule has 2 aromatic rings. The summed E-state index contributed by atoms with van der Waals surface area (Å²) in [6.45, 7) is 0. The zero-order valence-electron chi connectivity index (χ0n) is 15.3. The summed E-state index contributed by atoms with van der Waals surface area (Å²) in [6, 6.07) is 0. The fraction of sp³-hybridized carbons (Fsp3) is 0. The molecular weight excluding hydrogens is 665 g/mol. The maximum absolute atomic E-state index is 5.45. The van der Waals surface area contributed by atoms with Gasteiger partial charge in [-0.3, -0.25) is 0 Å². The van der Waals surface area contributed by atoms with Gasteiger partial charge in [-0.15, -0.1) is 45.3 Å². The molecule has 6 heterocycles. The second-order valence-corrected chi connectivity index (χ2v) is 19.7. The lowest BCUT2D eigenvalue weighted by Crippen LogP contribution is -1.95. The van der Waals surface area contributed by atoms with Crippen LogP contribution in [0.3, 0.4) is 0 Å². The normalized spacial score (nSPS) is 19.0. The van der Waals surface area contributed by atoms with Crippen LogP contribution in [0.1, 0.15) is 0 Å². The average Bonchev–Trinajstić information content (AvgIpc) is 3.62. The zero-order chi connectivity index (χ0) is 21.9. The molecule has 0 spiro atoms. The van der Waals surface area contributed by atoms with Crippen LogP contribution < -0.4 is 16.8 Å². The molecule has 0 bridgehead atoms. The van der Waals surface area contributed by atoms with Gasteiger partial charge in [0.2, 0.25) is 0 Å². The lowest BCUT2D eigenvalue weighted by molar-refractivity contribution is 2.04. The summed E-state index contributed by atoms with van der Waals surface area (Å²) >= 11 is 32.3. The first-order chi connectivity index (χ1) is 15.7. The van der Waals surface area contributed by atoms with Gasteiger partial charge in [0.15, 0.2) is 0 Å². The van der Waals surface area contributed by atoms with Gasteiger partial charge in [-0.05, 0) is 43.3 Å². The van der Waals surface area contributed by atoms with E-state index in [0.29, 0.717) is 0 Å². The quantitative estimate of drug-likeness (QED) is 0.248. The van der Waals surface area contributed by atoms with Crippen LogP contribution in [0.15, 0.2) is 43.3 Å². The van der Waals surface area contributed by atoms with Crippen molar-refractivity contribution in [3.05, 3.63) is 67.7 Å². The van der Waals surface area contributed by atoms with Gasteiger partial charge in [0.05, 0.1) is 26.0 Å². The summed E-state index contributed by atoms with van der Waals surface area (Å²) < 4.78 is 12.7. The van der Waals surface area contributed by atoms with Gasteiger partial charge in [0.25, 0.3) is 0 Å². The van der Waals surface area contributed by atoms with Crippen LogP contribution in [0.25, 0.3) is 16.9 Å². The second-order valence-electron chi connectivity index (χ2n) is 5.40. The smallest absolute Gasteiger partial charge is 0.110 e. The summed E-state index contributed by atoms with van der Waals surface area (Å²) in [6.07, 6.45) is 0. The molecule has 0 saturated heterocycles. The molecule has 0 atom stereocenters. The van der Waals surface area contributed by atoms with E-state index in [1.807, 2.05) is 22.7 Å². The molecule has 6 rings (SSSR count). The molecule has 0 aromatic carbocycles. The van der Waals surface area contributed by atoms with Crippen LogP contribution in [-0.2, 0) is 0 Å². The van der Waals surface area contributed by atoms with Crippen molar-refractivity contribution in [2.45, 2.75) is 0 Å². The molecule has 164 valence electrons. The van der Waals surface area contributed by atoms with Crippen LogP contribution in [0.4, 0.5) is 0 Å². The summed E-state index contributed by atoms with van der Waals surface area (Å²) in [5.74, 6) is 0. The molecule has 0 amide bonds. The average molecular weight is 673 g/mol.